The lowest BCUT2D eigenvalue weighted by Crippen LogP contribution is -2.41. The fourth-order valence-corrected chi connectivity index (χ4v) is 4.37. The zero-order chi connectivity index (χ0) is 20.3. The molecule has 7 nitrogen and oxygen atoms in total. The van der Waals surface area contributed by atoms with Crippen LogP contribution < -0.4 is 0 Å². The maximum atomic E-state index is 12.5. The van der Waals surface area contributed by atoms with Gasteiger partial charge in [-0.25, -0.2) is 4.79 Å². The van der Waals surface area contributed by atoms with Crippen molar-refractivity contribution in [2.75, 3.05) is 6.61 Å². The lowest BCUT2D eigenvalue weighted by Gasteiger charge is -2.33. The monoisotopic (exact) mass is 421 g/mol. The van der Waals surface area contributed by atoms with Gasteiger partial charge in [0.2, 0.25) is 0 Å². The van der Waals surface area contributed by atoms with Gasteiger partial charge in [-0.15, -0.1) is 6.42 Å². The number of rotatable bonds is 7. The van der Waals surface area contributed by atoms with Gasteiger partial charge in [0.25, 0.3) is 0 Å². The molecule has 148 valence electrons. The molecular weight excluding hydrogens is 410 g/mol. The van der Waals surface area contributed by atoms with Crippen LogP contribution in [0.4, 0.5) is 31.1 Å². The first kappa shape index (κ1) is 23.5. The predicted octanol–water partition coefficient (Wildman–Crippen LogP) is 2.46. The molecule has 25 heavy (non-hydrogen) atoms. The van der Waals surface area contributed by atoms with Gasteiger partial charge in [0.05, 0.1) is 6.10 Å². The molecule has 0 heterocycles. The molecule has 0 amide bonds. The Hall–Kier alpha value is -1.51. The van der Waals surface area contributed by atoms with Gasteiger partial charge in [0.1, 0.15) is 26.3 Å². The average molecular weight is 421 g/mol. The standard InChI is InChI=1S/C10H11F6O7S2/c1-3-4-22-8(17)23-6(2)5-7(24(18,19)9(11,12)13)25(20,21)10(14,15)16/h3,6H,1,4-5H2,2H3/q-1. The normalized spacial score (nSPS) is 14.9. The van der Waals surface area contributed by atoms with Crippen molar-refractivity contribution in [3.8, 4) is 0 Å². The number of carbonyl (C=O) groups is 1. The summed E-state index contributed by atoms with van der Waals surface area (Å²) in [7, 11) is -13.7. The minimum atomic E-state index is -6.87. The van der Waals surface area contributed by atoms with Crippen LogP contribution >= 0.6 is 0 Å². The molecule has 0 aliphatic carbocycles. The van der Waals surface area contributed by atoms with Crippen LogP contribution in [0.25, 0.3) is 0 Å². The number of hydrogen-bond acceptors (Lipinski definition) is 7. The van der Waals surface area contributed by atoms with Crippen molar-refractivity contribution in [3.05, 3.63) is 17.2 Å². The summed E-state index contributed by atoms with van der Waals surface area (Å²) >= 11 is 0. The molecule has 0 saturated carbocycles. The van der Waals surface area contributed by atoms with Gasteiger partial charge >= 0.3 is 17.2 Å². The third kappa shape index (κ3) is 5.76. The van der Waals surface area contributed by atoms with Crippen molar-refractivity contribution in [2.45, 2.75) is 30.5 Å². The van der Waals surface area contributed by atoms with E-state index < -0.39 is 60.6 Å². The maximum Gasteiger partial charge on any atom is 0.508 e. The van der Waals surface area contributed by atoms with Gasteiger partial charge in [-0.3, -0.25) is 16.8 Å². The highest BCUT2D eigenvalue weighted by molar-refractivity contribution is 8.13. The van der Waals surface area contributed by atoms with Crippen molar-refractivity contribution >= 4 is 25.8 Å². The molecule has 1 unspecified atom stereocenters. The Morgan fingerprint density at radius 3 is 1.80 bits per heavy atom. The minimum Gasteiger partial charge on any atom is -0.434 e. The highest BCUT2D eigenvalue weighted by atomic mass is 32.3. The van der Waals surface area contributed by atoms with E-state index in [9.17, 15) is 48.0 Å². The van der Waals surface area contributed by atoms with Gasteiger partial charge in [0, 0.05) is 0 Å². The number of hydrogen-bond donors (Lipinski definition) is 0. The molecule has 0 aromatic heterocycles. The molecule has 0 radical (unpaired) electrons. The van der Waals surface area contributed by atoms with Crippen LogP contribution in [0.1, 0.15) is 13.3 Å². The first-order chi connectivity index (χ1) is 11.0. The van der Waals surface area contributed by atoms with E-state index in [1.54, 1.807) is 0 Å². The van der Waals surface area contributed by atoms with Crippen LogP contribution in [0.15, 0.2) is 12.7 Å². The Balaban J connectivity index is 5.74. The van der Waals surface area contributed by atoms with E-state index in [0.717, 1.165) is 6.08 Å². The highest BCUT2D eigenvalue weighted by Crippen LogP contribution is 2.43. The molecule has 0 aromatic rings. The molecule has 0 saturated heterocycles. The first-order valence-electron chi connectivity index (χ1n) is 5.91. The molecule has 0 bridgehead atoms. The highest BCUT2D eigenvalue weighted by Gasteiger charge is 2.54. The van der Waals surface area contributed by atoms with E-state index in [0.29, 0.717) is 6.92 Å². The first-order valence-corrected chi connectivity index (χ1v) is 8.88. The van der Waals surface area contributed by atoms with Crippen LogP contribution in [0, 0.1) is 4.58 Å². The average Bonchev–Trinajstić information content (AvgIpc) is 2.39. The summed E-state index contributed by atoms with van der Waals surface area (Å²) in [6.45, 7) is 3.38. The fraction of sp³-hybridized carbons (Fsp3) is 0.600. The predicted molar refractivity (Wildman–Crippen MR) is 69.9 cm³/mol. The van der Waals surface area contributed by atoms with E-state index in [4.69, 9.17) is 0 Å². The molecule has 0 fully saturated rings. The van der Waals surface area contributed by atoms with Crippen LogP contribution in [0.2, 0.25) is 0 Å². The van der Waals surface area contributed by atoms with Crippen LogP contribution in [-0.4, -0.2) is 46.7 Å². The largest absolute Gasteiger partial charge is 0.508 e. The zero-order valence-corrected chi connectivity index (χ0v) is 13.9. The van der Waals surface area contributed by atoms with Crippen LogP contribution in [0.5, 0.6) is 0 Å². The lowest BCUT2D eigenvalue weighted by atomic mass is 10.3. The Bertz CT molecular complexity index is 648. The number of carbonyl (C=O) groups excluding carboxylic acids is 1. The number of alkyl halides is 6. The smallest absolute Gasteiger partial charge is 0.434 e. The van der Waals surface area contributed by atoms with Crippen LogP contribution in [-0.2, 0) is 29.1 Å². The Morgan fingerprint density at radius 1 is 1.08 bits per heavy atom. The van der Waals surface area contributed by atoms with Crippen molar-refractivity contribution in [1.82, 2.24) is 0 Å². The number of halogens is 6. The summed E-state index contributed by atoms with van der Waals surface area (Å²) < 4.78 is 125. The maximum absolute atomic E-state index is 12.5. The molecule has 0 aliphatic heterocycles. The van der Waals surface area contributed by atoms with Gasteiger partial charge in [-0.05, 0) is 6.92 Å². The van der Waals surface area contributed by atoms with E-state index in [2.05, 4.69) is 16.1 Å². The fourth-order valence-electron chi connectivity index (χ4n) is 1.22. The Labute approximate surface area is 138 Å². The van der Waals surface area contributed by atoms with Gasteiger partial charge < -0.3 is 9.47 Å². The lowest BCUT2D eigenvalue weighted by molar-refractivity contribution is -0.0459. The quantitative estimate of drug-likeness (QED) is 0.269. The number of sulfone groups is 2. The molecule has 0 spiro atoms. The molecule has 0 N–H and O–H groups in total. The number of ether oxygens (including phenoxy) is 2. The van der Waals surface area contributed by atoms with E-state index in [-0.39, 0.29) is 0 Å². The Morgan fingerprint density at radius 2 is 1.48 bits per heavy atom. The van der Waals surface area contributed by atoms with E-state index in [1.165, 1.54) is 0 Å². The van der Waals surface area contributed by atoms with Crippen molar-refractivity contribution in [1.29, 1.82) is 0 Å². The molecule has 15 heteroatoms. The summed E-state index contributed by atoms with van der Waals surface area (Å²) in [6.07, 6.45) is -4.43. The SMILES string of the molecule is C=CCOC(=O)OC(C)C[C-](S(=O)(=O)C(F)(F)F)S(=O)(=O)C(F)(F)F. The van der Waals surface area contributed by atoms with Gasteiger partial charge in [-0.2, -0.15) is 26.3 Å². The second-order valence-corrected chi connectivity index (χ2v) is 8.44. The summed E-state index contributed by atoms with van der Waals surface area (Å²) in [5.41, 5.74) is -12.6. The van der Waals surface area contributed by atoms with Crippen molar-refractivity contribution in [3.63, 3.8) is 0 Å². The van der Waals surface area contributed by atoms with Gasteiger partial charge in [-0.1, -0.05) is 17.2 Å². The zero-order valence-electron chi connectivity index (χ0n) is 12.2. The molecule has 1 atom stereocenters. The summed E-state index contributed by atoms with van der Waals surface area (Å²) in [6, 6.07) is 0. The van der Waals surface area contributed by atoms with Crippen LogP contribution in [0.3, 0.4) is 0 Å². The summed E-state index contributed by atoms with van der Waals surface area (Å²) in [5, 5.41) is 0. The van der Waals surface area contributed by atoms with Crippen molar-refractivity contribution in [2.24, 2.45) is 0 Å². The second-order valence-electron chi connectivity index (χ2n) is 4.25. The van der Waals surface area contributed by atoms with E-state index in [1.807, 2.05) is 0 Å². The molecule has 0 rings (SSSR count). The van der Waals surface area contributed by atoms with Gasteiger partial charge in [0.15, 0.2) is 0 Å². The topological polar surface area (TPSA) is 104 Å². The second kappa shape index (κ2) is 7.80. The molecule has 0 aliphatic rings. The molecular formula is C10H11F6O7S2-. The summed E-state index contributed by atoms with van der Waals surface area (Å²) in [4.78, 5) is 11.0. The third-order valence-corrected chi connectivity index (χ3v) is 6.35. The minimum absolute atomic E-state index is 0.427. The Kier molecular flexibility index (Phi) is 7.33. The van der Waals surface area contributed by atoms with Crippen molar-refractivity contribution < 1.29 is 57.4 Å². The molecule has 0 aromatic carbocycles. The van der Waals surface area contributed by atoms with E-state index >= 15 is 0 Å². The third-order valence-electron chi connectivity index (χ3n) is 2.28. The summed E-state index contributed by atoms with van der Waals surface area (Å²) in [5.74, 6) is 0.